The van der Waals surface area contributed by atoms with E-state index >= 15 is 0 Å². The van der Waals surface area contributed by atoms with Gasteiger partial charge in [0.25, 0.3) is 0 Å². The monoisotopic (exact) mass is 1040 g/mol. The van der Waals surface area contributed by atoms with E-state index in [4.69, 9.17) is 4.74 Å². The molecule has 0 saturated carbocycles. The summed E-state index contributed by atoms with van der Waals surface area (Å²) >= 11 is 0. The molecule has 6 amide bonds. The topological polar surface area (TPSA) is 280 Å². The van der Waals surface area contributed by atoms with Gasteiger partial charge in [-0.25, -0.2) is 0 Å². The van der Waals surface area contributed by atoms with Crippen molar-refractivity contribution in [2.75, 3.05) is 115 Å². The SMILES string of the molecule is CCCN1CC(C(=O)OC)CC1=O.CCN1CC(C(=O)OC)CC1=O.CCN1C[C@H](C(=O)OC)CC1=O.CCOC(=O)C1CC(=O)N(C)C1.COC(=O)C1CC(=O)N(C(C)C)C1.COC(=O)C1CC(=O)N(C)C1. The van der Waals surface area contributed by atoms with Gasteiger partial charge in [-0.05, 0) is 41.0 Å². The Morgan fingerprint density at radius 1 is 0.425 bits per heavy atom. The van der Waals surface area contributed by atoms with E-state index in [1.165, 1.54) is 35.5 Å². The smallest absolute Gasteiger partial charge is 0.311 e. The molecule has 0 bridgehead atoms. The molecule has 6 heterocycles. The van der Waals surface area contributed by atoms with Crippen LogP contribution >= 0.6 is 0 Å². The first-order valence-electron chi connectivity index (χ1n) is 24.6. The van der Waals surface area contributed by atoms with Gasteiger partial charge in [0.2, 0.25) is 35.4 Å². The molecule has 6 aliphatic rings. The summed E-state index contributed by atoms with van der Waals surface area (Å²) in [5, 5.41) is 0. The van der Waals surface area contributed by atoms with Crippen LogP contribution in [0.25, 0.3) is 0 Å². The van der Waals surface area contributed by atoms with Gasteiger partial charge in [-0.2, -0.15) is 0 Å². The number of likely N-dealkylation sites (tertiary alicyclic amines) is 6. The second-order valence-corrected chi connectivity index (χ2v) is 18.2. The second kappa shape index (κ2) is 32.7. The largest absolute Gasteiger partial charge is 0.469 e. The lowest BCUT2D eigenvalue weighted by molar-refractivity contribution is -0.148. The molecule has 414 valence electrons. The molecule has 0 aromatic rings. The van der Waals surface area contributed by atoms with Gasteiger partial charge in [0, 0.05) is 118 Å². The molecule has 6 aliphatic heterocycles. The average Bonchev–Trinajstić information content (AvgIpc) is 4.25. The highest BCUT2D eigenvalue weighted by molar-refractivity contribution is 5.90. The summed E-state index contributed by atoms with van der Waals surface area (Å²) in [6.45, 7) is 17.0. The van der Waals surface area contributed by atoms with E-state index in [9.17, 15) is 57.5 Å². The fraction of sp³-hybridized carbons (Fsp3) is 0.755. The van der Waals surface area contributed by atoms with Crippen LogP contribution in [0.3, 0.4) is 0 Å². The third-order valence-corrected chi connectivity index (χ3v) is 12.7. The zero-order valence-corrected chi connectivity index (χ0v) is 45.1. The van der Waals surface area contributed by atoms with Gasteiger partial charge in [-0.1, -0.05) is 6.92 Å². The van der Waals surface area contributed by atoms with Crippen LogP contribution in [0.2, 0.25) is 0 Å². The highest BCUT2D eigenvalue weighted by Gasteiger charge is 2.38. The third kappa shape index (κ3) is 20.6. The molecule has 0 radical (unpaired) electrons. The first kappa shape index (κ1) is 64.7. The minimum atomic E-state index is -0.289. The van der Waals surface area contributed by atoms with Crippen molar-refractivity contribution in [3.63, 3.8) is 0 Å². The van der Waals surface area contributed by atoms with Crippen LogP contribution in [-0.2, 0) is 86.0 Å². The minimum absolute atomic E-state index is 0.0143. The quantitative estimate of drug-likeness (QED) is 0.191. The fourth-order valence-corrected chi connectivity index (χ4v) is 8.41. The number of nitrogens with zero attached hydrogens (tertiary/aromatic N) is 6. The number of rotatable bonds is 12. The lowest BCUT2D eigenvalue weighted by atomic mass is 10.1. The van der Waals surface area contributed by atoms with Crippen LogP contribution in [-0.4, -0.2) is 222 Å². The summed E-state index contributed by atoms with van der Waals surface area (Å²) in [5.74, 6) is -2.91. The van der Waals surface area contributed by atoms with E-state index in [0.717, 1.165) is 13.0 Å². The van der Waals surface area contributed by atoms with E-state index in [0.29, 0.717) is 97.5 Å². The van der Waals surface area contributed by atoms with Gasteiger partial charge >= 0.3 is 35.8 Å². The molecule has 6 atom stereocenters. The van der Waals surface area contributed by atoms with Gasteiger partial charge in [0.05, 0.1) is 77.7 Å². The molecule has 6 rings (SSSR count). The number of amides is 6. The molecule has 0 N–H and O–H groups in total. The molecule has 0 aromatic carbocycles. The molecule has 5 unspecified atom stereocenters. The van der Waals surface area contributed by atoms with Crippen molar-refractivity contribution >= 4 is 71.3 Å². The Balaban J connectivity index is 0.000000438. The number of hydrogen-bond donors (Lipinski definition) is 0. The van der Waals surface area contributed by atoms with Crippen LogP contribution < -0.4 is 0 Å². The predicted octanol–water partition coefficient (Wildman–Crippen LogP) is 0.555. The number of esters is 6. The number of ether oxygens (including phenoxy) is 6. The molecule has 0 aromatic heterocycles. The van der Waals surface area contributed by atoms with Crippen LogP contribution in [0.1, 0.15) is 86.5 Å². The average molecular weight is 1040 g/mol. The highest BCUT2D eigenvalue weighted by Crippen LogP contribution is 2.23. The molecule has 24 heteroatoms. The van der Waals surface area contributed by atoms with Gasteiger partial charge in [-0.15, -0.1) is 0 Å². The zero-order valence-electron chi connectivity index (χ0n) is 45.1. The van der Waals surface area contributed by atoms with Crippen LogP contribution in [0.15, 0.2) is 0 Å². The third-order valence-electron chi connectivity index (χ3n) is 12.7. The summed E-state index contributed by atoms with van der Waals surface area (Å²) in [7, 11) is 10.1. The van der Waals surface area contributed by atoms with Crippen molar-refractivity contribution in [3.8, 4) is 0 Å². The van der Waals surface area contributed by atoms with Crippen molar-refractivity contribution in [3.05, 3.63) is 0 Å². The summed E-state index contributed by atoms with van der Waals surface area (Å²) < 4.78 is 27.6. The molecule has 24 nitrogen and oxygen atoms in total. The lowest BCUT2D eigenvalue weighted by Crippen LogP contribution is -2.32. The van der Waals surface area contributed by atoms with Crippen LogP contribution in [0.5, 0.6) is 0 Å². The van der Waals surface area contributed by atoms with Gasteiger partial charge in [0.1, 0.15) is 0 Å². The second-order valence-electron chi connectivity index (χ2n) is 18.2. The zero-order chi connectivity index (χ0) is 55.7. The van der Waals surface area contributed by atoms with E-state index in [1.54, 1.807) is 50.4 Å². The number of carbonyl (C=O) groups excluding carboxylic acids is 12. The van der Waals surface area contributed by atoms with Gasteiger partial charge < -0.3 is 57.8 Å². The first-order valence-corrected chi connectivity index (χ1v) is 24.6. The molecular formula is C49H80N6O18. The molecule has 6 saturated heterocycles. The van der Waals surface area contributed by atoms with E-state index in [1.807, 2.05) is 34.6 Å². The van der Waals surface area contributed by atoms with E-state index in [2.05, 4.69) is 23.7 Å². The van der Waals surface area contributed by atoms with Crippen molar-refractivity contribution < 1.29 is 86.0 Å². The van der Waals surface area contributed by atoms with Gasteiger partial charge in [0.15, 0.2) is 0 Å². The van der Waals surface area contributed by atoms with Crippen molar-refractivity contribution in [2.24, 2.45) is 35.5 Å². The summed E-state index contributed by atoms with van der Waals surface area (Å²) in [6.07, 6.45) is 2.75. The Morgan fingerprint density at radius 2 is 0.712 bits per heavy atom. The lowest BCUT2D eigenvalue weighted by Gasteiger charge is -2.20. The molecule has 73 heavy (non-hydrogen) atoms. The summed E-state index contributed by atoms with van der Waals surface area (Å²) in [4.78, 5) is 143. The Bertz CT molecular complexity index is 1880. The standard InChI is InChI=1S/2C9H15NO3.3C8H13NO3.C7H11NO3/c1-6(2)10-5-7(4-8(10)11)9(12)13-3;1-3-4-10-6-7(5-8(10)11)9(12)13-2;2*1-3-9-5-6(4-7(9)10)8(11)12-2;1-3-12-8(11)6-4-7(10)9(2)5-6;1-8-4-5(3-6(8)9)7(10)11-2/h6-7H,4-5H2,1-3H3;7H,3-6H2,1-2H3;3*6H,3-5H2,1-2H3;5H,3-4H2,1-2H3/t;;6-;;;/m..1.../s1. The maximum Gasteiger partial charge on any atom is 0.311 e. The predicted molar refractivity (Wildman–Crippen MR) is 259 cm³/mol. The minimum Gasteiger partial charge on any atom is -0.469 e. The Hall–Kier alpha value is -6.36. The normalized spacial score (nSPS) is 22.9. The Morgan fingerprint density at radius 3 is 0.973 bits per heavy atom. The van der Waals surface area contributed by atoms with Crippen molar-refractivity contribution in [2.45, 2.75) is 92.5 Å². The summed E-state index contributed by atoms with van der Waals surface area (Å²) in [6, 6.07) is 0.169. The Kier molecular flexibility index (Phi) is 28.9. The highest BCUT2D eigenvalue weighted by atomic mass is 16.5. The number of methoxy groups -OCH3 is 5. The molecule has 6 fully saturated rings. The van der Waals surface area contributed by atoms with Crippen LogP contribution in [0.4, 0.5) is 0 Å². The fourth-order valence-electron chi connectivity index (χ4n) is 8.41. The van der Waals surface area contributed by atoms with E-state index < -0.39 is 0 Å². The van der Waals surface area contributed by atoms with Crippen molar-refractivity contribution in [1.82, 2.24) is 29.4 Å². The molecular weight excluding hydrogens is 961 g/mol. The van der Waals surface area contributed by atoms with Gasteiger partial charge in [-0.3, -0.25) is 57.5 Å². The molecule has 0 spiro atoms. The summed E-state index contributed by atoms with van der Waals surface area (Å²) in [5.41, 5.74) is 0. The maximum absolute atomic E-state index is 11.4. The number of carbonyl (C=O) groups is 12. The molecule has 0 aliphatic carbocycles. The maximum atomic E-state index is 11.4. The number of hydrogen-bond acceptors (Lipinski definition) is 18. The first-order chi connectivity index (χ1) is 34.4. The van der Waals surface area contributed by atoms with Crippen LogP contribution in [0, 0.1) is 35.5 Å². The van der Waals surface area contributed by atoms with Crippen molar-refractivity contribution in [1.29, 1.82) is 0 Å². The Labute approximate surface area is 428 Å². The van der Waals surface area contributed by atoms with E-state index in [-0.39, 0.29) is 113 Å².